The predicted octanol–water partition coefficient (Wildman–Crippen LogP) is -0.432. The van der Waals surface area contributed by atoms with E-state index in [1.165, 1.54) is 0 Å². The van der Waals surface area contributed by atoms with Crippen LogP contribution in [0.1, 0.15) is 91.9 Å². The van der Waals surface area contributed by atoms with Crippen LogP contribution in [0.3, 0.4) is 0 Å². The van der Waals surface area contributed by atoms with Crippen LogP contribution < -0.4 is 16.8 Å². The van der Waals surface area contributed by atoms with Crippen LogP contribution in [0.2, 0.25) is 0 Å². The number of ether oxygens (including phenoxy) is 4. The lowest BCUT2D eigenvalue weighted by Crippen LogP contribution is -2.62. The fourth-order valence-corrected chi connectivity index (χ4v) is 8.90. The van der Waals surface area contributed by atoms with E-state index < -0.39 is 158 Å². The lowest BCUT2D eigenvalue weighted by Gasteiger charge is -2.46. The van der Waals surface area contributed by atoms with Gasteiger partial charge in [0.05, 0.1) is 85.5 Å². The Morgan fingerprint density at radius 1 is 0.725 bits per heavy atom. The third-order valence-corrected chi connectivity index (χ3v) is 13.9. The molecule has 0 aromatic rings. The van der Waals surface area contributed by atoms with Gasteiger partial charge in [0, 0.05) is 50.6 Å². The molecule has 0 aliphatic carbocycles. The molecule has 0 unspecified atom stereocenters. The molecular formula is C56H92N4O20. The van der Waals surface area contributed by atoms with Gasteiger partial charge in [0.1, 0.15) is 18.2 Å². The number of amides is 1. The van der Waals surface area contributed by atoms with Crippen LogP contribution in [0.25, 0.3) is 0 Å². The summed E-state index contributed by atoms with van der Waals surface area (Å²) in [6.45, 7) is 7.50. The van der Waals surface area contributed by atoms with Crippen molar-refractivity contribution in [2.75, 3.05) is 27.2 Å². The van der Waals surface area contributed by atoms with Gasteiger partial charge in [-0.3, -0.25) is 19.2 Å². The van der Waals surface area contributed by atoms with Gasteiger partial charge < -0.3 is 102 Å². The topological polar surface area (TPSA) is 415 Å². The molecule has 0 spiro atoms. The Kier molecular flexibility index (Phi) is 32.9. The molecule has 2 saturated heterocycles. The number of nitrogens with two attached hydrogens (primary N) is 2. The van der Waals surface area contributed by atoms with Crippen molar-refractivity contribution in [1.29, 1.82) is 0 Å². The van der Waals surface area contributed by atoms with E-state index in [0.29, 0.717) is 6.54 Å². The average Bonchev–Trinajstić information content (AvgIpc) is 3.36. The Bertz CT molecular complexity index is 2070. The number of fused-ring (bicyclic) bond motifs is 2. The number of cyclic esters (lactones) is 1. The molecule has 0 aromatic heterocycles. The van der Waals surface area contributed by atoms with Gasteiger partial charge in [0.25, 0.3) is 0 Å². The van der Waals surface area contributed by atoms with E-state index in [9.17, 15) is 70.2 Å². The molecule has 1 amide bonds. The fraction of sp³-hybridized carbons (Fsp3) is 0.679. The number of carboxylic acid groups (broad SMARTS) is 2. The number of aliphatic carboxylic acids is 2. The first-order valence-electron chi connectivity index (χ1n) is 27.1. The second kappa shape index (κ2) is 36.8. The number of nitrogens with zero attached hydrogens (tertiary/aromatic N) is 1. The molecule has 0 saturated carbocycles. The Hall–Kier alpha value is -4.58. The standard InChI is InChI=1S/C51H83N3O16.C5H9NO4/c1-31-19-17-15-13-11-9-7-8-10-12-14-16-18-20-38(69-50-48(64)45(52)47(63)34(4)68-50)28-42-44(49(65)53-23-24-54(5)6)41(60)30-51(66,70-42)29-40(59)39(58)22-21-35(55)25-36(56)26-37(57)27-43(61)67-33(3)32(2)46(31)62;6-3(5(9)10)1-2-4(7)8/h7-20,31-42,44-48,50,55-60,62-64,66H,21-30,52H2,1-6H3,(H,53,65);3H,1-2,6H2,(H,7,8)(H,9,10)/b8-7+,11-9+,12-10+,15-13+,16-14+,19-17+,20-18+;/t31-,32-,33-,34+,35+,36+,37+,38-,39+,40+,41-,42-,44+,45-,46+,47+,48-,50-,51+;3-/m00/s1. The molecule has 24 nitrogen and oxygen atoms in total. The largest absolute Gasteiger partial charge is 0.481 e. The van der Waals surface area contributed by atoms with Crippen LogP contribution in [-0.4, -0.2) is 221 Å². The highest BCUT2D eigenvalue weighted by molar-refractivity contribution is 5.80. The SMILES string of the molecule is C[C@@H]1[C@H](O)[C@@H](C)/C=C/C=C/C=C/C=C/C=C/C=C/C=C/[C@H](O[C@@H]2O[C@H](C)[C@@H](O)[C@H](N)[C@@H]2O)C[C@@H]2O[C@](O)(C[C@@H](O)[C@H](O)CC[C@@H](O)C[C@@H](O)C[C@@H](O)CC(=O)O[C@H]1C)C[C@H](O)[C@H]2C(=O)NCCN(C)C.N[C@@H](CCC(=O)O)C(=O)O. The number of carbonyl (C=O) groups excluding carboxylic acids is 2. The summed E-state index contributed by atoms with van der Waals surface area (Å²) in [5, 5.41) is 129. The number of aliphatic hydroxyl groups excluding tert-OH is 9. The van der Waals surface area contributed by atoms with Gasteiger partial charge in [-0.2, -0.15) is 0 Å². The molecule has 3 aliphatic rings. The van der Waals surface area contributed by atoms with E-state index in [4.69, 9.17) is 40.6 Å². The molecule has 17 N–H and O–H groups in total. The first-order valence-corrected chi connectivity index (χ1v) is 27.1. The van der Waals surface area contributed by atoms with Gasteiger partial charge in [-0.1, -0.05) is 98.9 Å². The number of hydrogen-bond acceptors (Lipinski definition) is 21. The van der Waals surface area contributed by atoms with E-state index in [-0.39, 0.29) is 57.4 Å². The van der Waals surface area contributed by atoms with Crippen molar-refractivity contribution in [3.8, 4) is 0 Å². The molecular weight excluding hydrogens is 1050 g/mol. The van der Waals surface area contributed by atoms with Crippen molar-refractivity contribution in [3.63, 3.8) is 0 Å². The van der Waals surface area contributed by atoms with Gasteiger partial charge >= 0.3 is 17.9 Å². The van der Waals surface area contributed by atoms with E-state index >= 15 is 0 Å². The van der Waals surface area contributed by atoms with E-state index in [0.717, 1.165) is 0 Å². The summed E-state index contributed by atoms with van der Waals surface area (Å²) in [7, 11) is 3.65. The van der Waals surface area contributed by atoms with E-state index in [2.05, 4.69) is 5.32 Å². The highest BCUT2D eigenvalue weighted by Crippen LogP contribution is 2.38. The summed E-state index contributed by atoms with van der Waals surface area (Å²) >= 11 is 0. The van der Waals surface area contributed by atoms with Gasteiger partial charge in [0.15, 0.2) is 12.1 Å². The molecule has 80 heavy (non-hydrogen) atoms. The summed E-state index contributed by atoms with van der Waals surface area (Å²) in [5.41, 5.74) is 11.1. The van der Waals surface area contributed by atoms with E-state index in [1.54, 1.807) is 63.3 Å². The number of carboxylic acids is 2. The number of likely N-dealkylation sites (N-methyl/N-ethyl adjacent to an activating group) is 1. The van der Waals surface area contributed by atoms with Crippen LogP contribution in [0.15, 0.2) is 85.1 Å². The summed E-state index contributed by atoms with van der Waals surface area (Å²) in [5.74, 6) is -7.80. The van der Waals surface area contributed by atoms with Crippen molar-refractivity contribution in [1.82, 2.24) is 10.2 Å². The first kappa shape index (κ1) is 71.5. The maximum Gasteiger partial charge on any atom is 0.320 e. The minimum atomic E-state index is -2.29. The molecule has 2 bridgehead atoms. The van der Waals surface area contributed by atoms with Crippen LogP contribution >= 0.6 is 0 Å². The molecule has 0 aromatic carbocycles. The zero-order valence-corrected chi connectivity index (χ0v) is 46.8. The highest BCUT2D eigenvalue weighted by Gasteiger charge is 2.51. The normalized spacial score (nSPS) is 39.3. The quantitative estimate of drug-likeness (QED) is 0.123. The van der Waals surface area contributed by atoms with Crippen LogP contribution in [0, 0.1) is 17.8 Å². The molecule has 20 atom stereocenters. The van der Waals surface area contributed by atoms with E-state index in [1.807, 2.05) is 68.5 Å². The summed E-state index contributed by atoms with van der Waals surface area (Å²) in [6, 6.07) is -2.19. The fourth-order valence-electron chi connectivity index (χ4n) is 8.90. The number of esters is 1. The Labute approximate surface area is 469 Å². The summed E-state index contributed by atoms with van der Waals surface area (Å²) < 4.78 is 23.7. The average molecular weight is 1140 g/mol. The van der Waals surface area contributed by atoms with Crippen molar-refractivity contribution < 1.29 is 99.4 Å². The third kappa shape index (κ3) is 27.0. The van der Waals surface area contributed by atoms with Gasteiger partial charge in [-0.05, 0) is 60.0 Å². The maximum atomic E-state index is 13.8. The minimum absolute atomic E-state index is 0.0231. The van der Waals surface area contributed by atoms with Crippen LogP contribution in [0.5, 0.6) is 0 Å². The predicted molar refractivity (Wildman–Crippen MR) is 293 cm³/mol. The zero-order valence-electron chi connectivity index (χ0n) is 46.8. The molecule has 0 radical (unpaired) electrons. The summed E-state index contributed by atoms with van der Waals surface area (Å²) in [4.78, 5) is 48.2. The number of nitrogens with one attached hydrogen (secondary N) is 1. The van der Waals surface area contributed by atoms with Crippen LogP contribution in [-0.2, 0) is 38.1 Å². The Morgan fingerprint density at radius 2 is 1.27 bits per heavy atom. The first-order chi connectivity index (χ1) is 37.5. The molecule has 24 heteroatoms. The molecule has 3 aliphatic heterocycles. The number of hydrogen-bond donors (Lipinski definition) is 15. The Morgan fingerprint density at radius 3 is 1.84 bits per heavy atom. The lowest BCUT2D eigenvalue weighted by atomic mass is 9.82. The van der Waals surface area contributed by atoms with Crippen molar-refractivity contribution in [3.05, 3.63) is 85.1 Å². The van der Waals surface area contributed by atoms with Crippen LogP contribution in [0.4, 0.5) is 0 Å². The Balaban J connectivity index is 0.00000198. The highest BCUT2D eigenvalue weighted by atomic mass is 16.7. The zero-order chi connectivity index (χ0) is 60.3. The molecule has 3 rings (SSSR count). The van der Waals surface area contributed by atoms with Gasteiger partial charge in [0.2, 0.25) is 5.91 Å². The smallest absolute Gasteiger partial charge is 0.320 e. The second-order valence-electron chi connectivity index (χ2n) is 21.2. The molecule has 3 heterocycles. The number of carbonyl (C=O) groups is 4. The number of aliphatic hydroxyl groups is 10. The number of allylic oxidation sites excluding steroid dienone is 12. The summed E-state index contributed by atoms with van der Waals surface area (Å²) in [6.07, 6.45) is 4.71. The number of rotatable bonds is 10. The minimum Gasteiger partial charge on any atom is -0.481 e. The lowest BCUT2D eigenvalue weighted by molar-refractivity contribution is -0.308. The van der Waals surface area contributed by atoms with Gasteiger partial charge in [-0.25, -0.2) is 0 Å². The van der Waals surface area contributed by atoms with Crippen molar-refractivity contribution >= 4 is 23.8 Å². The van der Waals surface area contributed by atoms with Crippen molar-refractivity contribution in [2.45, 2.75) is 195 Å². The second-order valence-corrected chi connectivity index (χ2v) is 21.2. The monoisotopic (exact) mass is 1140 g/mol. The molecule has 456 valence electrons. The maximum absolute atomic E-state index is 13.8. The molecule has 2 fully saturated rings. The van der Waals surface area contributed by atoms with Gasteiger partial charge in [-0.15, -0.1) is 0 Å². The third-order valence-electron chi connectivity index (χ3n) is 13.9. The van der Waals surface area contributed by atoms with Crippen molar-refractivity contribution in [2.24, 2.45) is 29.2 Å².